The minimum absolute atomic E-state index is 0.0858. The van der Waals surface area contributed by atoms with Gasteiger partial charge in [-0.05, 0) is 6.07 Å². The van der Waals surface area contributed by atoms with E-state index in [0.29, 0.717) is 6.61 Å². The molecule has 0 saturated heterocycles. The van der Waals surface area contributed by atoms with Crippen molar-refractivity contribution in [1.82, 2.24) is 4.98 Å². The van der Waals surface area contributed by atoms with Gasteiger partial charge >= 0.3 is 0 Å². The van der Waals surface area contributed by atoms with Crippen LogP contribution < -0.4 is 9.88 Å². The summed E-state index contributed by atoms with van der Waals surface area (Å²) in [7, 11) is -2.26. The van der Waals surface area contributed by atoms with Gasteiger partial charge in [0.2, 0.25) is 15.9 Å². The van der Waals surface area contributed by atoms with E-state index in [1.165, 1.54) is 13.2 Å². The monoisotopic (exact) mass is 266 g/mol. The lowest BCUT2D eigenvalue weighted by molar-refractivity contribution is 0.143. The number of primary sulfonamides is 1. The molecular formula is C8H11ClN2O4S. The van der Waals surface area contributed by atoms with Crippen molar-refractivity contribution in [1.29, 1.82) is 0 Å². The molecule has 0 aliphatic heterocycles. The van der Waals surface area contributed by atoms with Crippen LogP contribution in [0.3, 0.4) is 0 Å². The molecule has 0 aliphatic rings. The molecule has 1 aromatic rings. The summed E-state index contributed by atoms with van der Waals surface area (Å²) in [4.78, 5) is 3.59. The third kappa shape index (κ3) is 3.60. The Kier molecular flexibility index (Phi) is 4.48. The maximum absolute atomic E-state index is 11.0. The number of hydrogen-bond donors (Lipinski definition) is 1. The molecule has 0 aromatic carbocycles. The van der Waals surface area contributed by atoms with Crippen molar-refractivity contribution in [2.24, 2.45) is 5.14 Å². The summed E-state index contributed by atoms with van der Waals surface area (Å²) in [6.45, 7) is 0.660. The van der Waals surface area contributed by atoms with Gasteiger partial charge in [-0.1, -0.05) is 11.6 Å². The molecule has 6 nitrogen and oxygen atoms in total. The van der Waals surface area contributed by atoms with Crippen LogP contribution in [0.1, 0.15) is 0 Å². The van der Waals surface area contributed by atoms with Crippen molar-refractivity contribution in [3.8, 4) is 5.88 Å². The molecule has 0 unspecified atom stereocenters. The standard InChI is InChI=1S/C8H11ClN2O4S/c1-14-2-3-15-8-7(9)4-6(5-11-8)16(10,12)13/h4-5H,2-3H2,1H3,(H2,10,12,13). The van der Waals surface area contributed by atoms with Crippen LogP contribution in [0.15, 0.2) is 17.2 Å². The number of aromatic nitrogens is 1. The van der Waals surface area contributed by atoms with Crippen LogP contribution in [-0.2, 0) is 14.8 Å². The Morgan fingerprint density at radius 2 is 2.19 bits per heavy atom. The summed E-state index contributed by atoms with van der Waals surface area (Å²) in [6, 6.07) is 1.19. The van der Waals surface area contributed by atoms with Gasteiger partial charge in [0.25, 0.3) is 0 Å². The Morgan fingerprint density at radius 3 is 2.69 bits per heavy atom. The van der Waals surface area contributed by atoms with Gasteiger partial charge in [0, 0.05) is 7.11 Å². The molecule has 0 amide bonds. The lowest BCUT2D eigenvalue weighted by atomic mass is 10.5. The van der Waals surface area contributed by atoms with Crippen LogP contribution in [0.4, 0.5) is 0 Å². The average Bonchev–Trinajstić information content (AvgIpc) is 2.19. The number of methoxy groups -OCH3 is 1. The quantitative estimate of drug-likeness (QED) is 0.779. The maximum atomic E-state index is 11.0. The largest absolute Gasteiger partial charge is 0.474 e. The van der Waals surface area contributed by atoms with E-state index in [-0.39, 0.29) is 22.4 Å². The van der Waals surface area contributed by atoms with Crippen molar-refractivity contribution in [3.05, 3.63) is 17.3 Å². The van der Waals surface area contributed by atoms with Gasteiger partial charge < -0.3 is 9.47 Å². The molecule has 0 aliphatic carbocycles. The zero-order valence-electron chi connectivity index (χ0n) is 8.51. The van der Waals surface area contributed by atoms with Crippen LogP contribution in [-0.4, -0.2) is 33.7 Å². The van der Waals surface area contributed by atoms with E-state index in [1.54, 1.807) is 0 Å². The summed E-state index contributed by atoms with van der Waals surface area (Å²) in [6.07, 6.45) is 1.09. The number of halogens is 1. The van der Waals surface area contributed by atoms with E-state index >= 15 is 0 Å². The molecule has 1 heterocycles. The van der Waals surface area contributed by atoms with Crippen LogP contribution in [0, 0.1) is 0 Å². The van der Waals surface area contributed by atoms with Gasteiger partial charge in [-0.2, -0.15) is 0 Å². The van der Waals surface area contributed by atoms with E-state index in [9.17, 15) is 8.42 Å². The summed E-state index contributed by atoms with van der Waals surface area (Å²) in [5, 5.41) is 5.00. The molecule has 0 radical (unpaired) electrons. The highest BCUT2D eigenvalue weighted by molar-refractivity contribution is 7.89. The number of hydrogen-bond acceptors (Lipinski definition) is 5. The van der Waals surface area contributed by atoms with Gasteiger partial charge in [-0.15, -0.1) is 0 Å². The second kappa shape index (κ2) is 5.44. The fourth-order valence-electron chi connectivity index (χ4n) is 0.891. The number of nitrogens with two attached hydrogens (primary N) is 1. The Labute approximate surface area is 98.4 Å². The third-order valence-corrected chi connectivity index (χ3v) is 2.79. The molecule has 1 aromatic heterocycles. The van der Waals surface area contributed by atoms with Gasteiger partial charge in [-0.25, -0.2) is 18.5 Å². The van der Waals surface area contributed by atoms with Crippen LogP contribution in [0.2, 0.25) is 5.02 Å². The number of nitrogens with zero attached hydrogens (tertiary/aromatic N) is 1. The highest BCUT2D eigenvalue weighted by atomic mass is 35.5. The number of ether oxygens (including phenoxy) is 2. The summed E-state index contributed by atoms with van der Waals surface area (Å²) < 4.78 is 31.9. The van der Waals surface area contributed by atoms with E-state index in [2.05, 4.69) is 4.98 Å². The average molecular weight is 267 g/mol. The second-order valence-corrected chi connectivity index (χ2v) is 4.81. The van der Waals surface area contributed by atoms with E-state index < -0.39 is 10.0 Å². The Hall–Kier alpha value is -0.890. The molecule has 90 valence electrons. The zero-order valence-corrected chi connectivity index (χ0v) is 10.1. The van der Waals surface area contributed by atoms with Crippen LogP contribution in [0.5, 0.6) is 5.88 Å². The first kappa shape index (κ1) is 13.2. The van der Waals surface area contributed by atoms with Crippen molar-refractivity contribution in [2.75, 3.05) is 20.3 Å². The molecule has 0 spiro atoms. The summed E-state index contributed by atoms with van der Waals surface area (Å²) in [5.74, 6) is 0.145. The molecule has 1 rings (SSSR count). The first-order chi connectivity index (χ1) is 7.45. The highest BCUT2D eigenvalue weighted by Gasteiger charge is 2.12. The predicted octanol–water partition coefficient (Wildman–Crippen LogP) is 0.408. The smallest absolute Gasteiger partial charge is 0.239 e. The number of rotatable bonds is 5. The molecule has 0 bridgehead atoms. The first-order valence-electron chi connectivity index (χ1n) is 4.25. The lowest BCUT2D eigenvalue weighted by Crippen LogP contribution is -2.13. The van der Waals surface area contributed by atoms with Crippen molar-refractivity contribution in [3.63, 3.8) is 0 Å². The molecular weight excluding hydrogens is 256 g/mol. The Bertz CT molecular complexity index is 463. The van der Waals surface area contributed by atoms with Gasteiger partial charge in [0.1, 0.15) is 16.5 Å². The minimum Gasteiger partial charge on any atom is -0.474 e. The van der Waals surface area contributed by atoms with E-state index in [1.807, 2.05) is 0 Å². The second-order valence-electron chi connectivity index (χ2n) is 2.84. The normalized spacial score (nSPS) is 11.4. The van der Waals surface area contributed by atoms with Gasteiger partial charge in [0.15, 0.2) is 0 Å². The molecule has 2 N–H and O–H groups in total. The molecule has 16 heavy (non-hydrogen) atoms. The molecule has 8 heteroatoms. The minimum atomic E-state index is -3.79. The van der Waals surface area contributed by atoms with Crippen molar-refractivity contribution in [2.45, 2.75) is 4.90 Å². The van der Waals surface area contributed by atoms with E-state index in [0.717, 1.165) is 6.20 Å². The fraction of sp³-hybridized carbons (Fsp3) is 0.375. The van der Waals surface area contributed by atoms with Crippen molar-refractivity contribution >= 4 is 21.6 Å². The van der Waals surface area contributed by atoms with Crippen LogP contribution in [0.25, 0.3) is 0 Å². The van der Waals surface area contributed by atoms with Gasteiger partial charge in [0.05, 0.1) is 12.8 Å². The SMILES string of the molecule is COCCOc1ncc(S(N)(=O)=O)cc1Cl. The molecule has 0 saturated carbocycles. The van der Waals surface area contributed by atoms with Crippen LogP contribution >= 0.6 is 11.6 Å². The Morgan fingerprint density at radius 1 is 1.50 bits per heavy atom. The molecule has 0 fully saturated rings. The maximum Gasteiger partial charge on any atom is 0.239 e. The Balaban J connectivity index is 2.84. The zero-order chi connectivity index (χ0) is 12.2. The molecule has 0 atom stereocenters. The lowest BCUT2D eigenvalue weighted by Gasteiger charge is -2.06. The van der Waals surface area contributed by atoms with Crippen molar-refractivity contribution < 1.29 is 17.9 Å². The highest BCUT2D eigenvalue weighted by Crippen LogP contribution is 2.23. The third-order valence-electron chi connectivity index (χ3n) is 1.64. The fourth-order valence-corrected chi connectivity index (χ4v) is 1.66. The topological polar surface area (TPSA) is 91.5 Å². The first-order valence-corrected chi connectivity index (χ1v) is 6.17. The summed E-state index contributed by atoms with van der Waals surface area (Å²) in [5.41, 5.74) is 0. The predicted molar refractivity (Wildman–Crippen MR) is 58.0 cm³/mol. The summed E-state index contributed by atoms with van der Waals surface area (Å²) >= 11 is 5.77. The van der Waals surface area contributed by atoms with E-state index in [4.69, 9.17) is 26.2 Å². The number of pyridine rings is 1. The number of sulfonamides is 1. The van der Waals surface area contributed by atoms with Gasteiger partial charge in [-0.3, -0.25) is 0 Å².